The van der Waals surface area contributed by atoms with Gasteiger partial charge in [0.25, 0.3) is 0 Å². The van der Waals surface area contributed by atoms with Crippen molar-refractivity contribution in [1.82, 2.24) is 15.5 Å². The number of rotatable bonds is 5. The number of hydrogen-bond acceptors (Lipinski definition) is 3. The van der Waals surface area contributed by atoms with Crippen molar-refractivity contribution >= 4 is 11.8 Å². The summed E-state index contributed by atoms with van der Waals surface area (Å²) in [7, 11) is 1.71. The molecule has 0 bridgehead atoms. The number of likely N-dealkylation sites (tertiary alicyclic amines) is 1. The smallest absolute Gasteiger partial charge is 0.240 e. The van der Waals surface area contributed by atoms with Gasteiger partial charge in [0.1, 0.15) is 0 Å². The number of aryl methyl sites for hydroxylation is 1. The second-order valence-electron chi connectivity index (χ2n) is 7.88. The number of amides is 2. The van der Waals surface area contributed by atoms with Gasteiger partial charge in [-0.2, -0.15) is 0 Å². The van der Waals surface area contributed by atoms with Crippen LogP contribution in [-0.4, -0.2) is 48.4 Å². The Hall–Kier alpha value is -1.88. The first kappa shape index (κ1) is 16.6. The zero-order chi connectivity index (χ0) is 17.4. The summed E-state index contributed by atoms with van der Waals surface area (Å²) < 4.78 is 0. The van der Waals surface area contributed by atoms with Crippen molar-refractivity contribution in [2.45, 2.75) is 43.7 Å². The van der Waals surface area contributed by atoms with Crippen molar-refractivity contribution < 1.29 is 9.59 Å². The maximum absolute atomic E-state index is 12.7. The Balaban J connectivity index is 1.43. The fourth-order valence-corrected chi connectivity index (χ4v) is 4.56. The van der Waals surface area contributed by atoms with Gasteiger partial charge in [-0.1, -0.05) is 30.3 Å². The Kier molecular flexibility index (Phi) is 4.28. The Bertz CT molecular complexity index is 642. The van der Waals surface area contributed by atoms with Crippen LogP contribution in [0.4, 0.5) is 0 Å². The summed E-state index contributed by atoms with van der Waals surface area (Å²) >= 11 is 0. The topological polar surface area (TPSA) is 61.4 Å². The summed E-state index contributed by atoms with van der Waals surface area (Å²) in [4.78, 5) is 27.0. The van der Waals surface area contributed by atoms with Crippen molar-refractivity contribution in [2.24, 2.45) is 11.8 Å². The molecule has 4 rings (SSSR count). The molecule has 1 unspecified atom stereocenters. The second kappa shape index (κ2) is 6.45. The van der Waals surface area contributed by atoms with E-state index in [-0.39, 0.29) is 17.9 Å². The van der Waals surface area contributed by atoms with E-state index in [0.717, 1.165) is 45.2 Å². The maximum Gasteiger partial charge on any atom is 0.240 e. The molecule has 3 atom stereocenters. The van der Waals surface area contributed by atoms with Gasteiger partial charge in [0.15, 0.2) is 0 Å². The normalized spacial score (nSPS) is 31.0. The standard InChI is InChI=1S/C20H27N3O2/c1-21-19(25)20(10-9-14-5-3-2-4-6-14)11-16-12-23(13-17(16)22-20)18(24)15-7-8-15/h2-6,15-17,22H,7-13H2,1H3,(H,21,25)/t16-,17?,20+/m1/s1. The van der Waals surface area contributed by atoms with Crippen molar-refractivity contribution in [2.75, 3.05) is 20.1 Å². The number of carbonyl (C=O) groups excluding carboxylic acids is 2. The Morgan fingerprint density at radius 1 is 1.24 bits per heavy atom. The van der Waals surface area contributed by atoms with Gasteiger partial charge in [-0.3, -0.25) is 14.9 Å². The fraction of sp³-hybridized carbons (Fsp3) is 0.600. The van der Waals surface area contributed by atoms with Crippen molar-refractivity contribution in [3.8, 4) is 0 Å². The van der Waals surface area contributed by atoms with Gasteiger partial charge in [0.2, 0.25) is 11.8 Å². The molecule has 2 aliphatic heterocycles. The lowest BCUT2D eigenvalue weighted by atomic mass is 9.86. The number of hydrogen-bond donors (Lipinski definition) is 2. The van der Waals surface area contributed by atoms with Gasteiger partial charge in [0, 0.05) is 32.1 Å². The molecule has 5 heteroatoms. The van der Waals surface area contributed by atoms with Crippen molar-refractivity contribution in [3.05, 3.63) is 35.9 Å². The summed E-state index contributed by atoms with van der Waals surface area (Å²) in [5, 5.41) is 6.48. The van der Waals surface area contributed by atoms with E-state index < -0.39 is 5.54 Å². The first-order valence-electron chi connectivity index (χ1n) is 9.44. The highest BCUT2D eigenvalue weighted by molar-refractivity contribution is 5.87. The van der Waals surface area contributed by atoms with Crippen LogP contribution in [0.5, 0.6) is 0 Å². The molecule has 1 aromatic carbocycles. The lowest BCUT2D eigenvalue weighted by molar-refractivity contribution is -0.131. The highest BCUT2D eigenvalue weighted by Crippen LogP contribution is 2.39. The van der Waals surface area contributed by atoms with Gasteiger partial charge >= 0.3 is 0 Å². The minimum atomic E-state index is -0.505. The molecule has 2 N–H and O–H groups in total. The van der Waals surface area contributed by atoms with Crippen LogP contribution in [0.1, 0.15) is 31.2 Å². The number of carbonyl (C=O) groups is 2. The zero-order valence-corrected chi connectivity index (χ0v) is 14.8. The van der Waals surface area contributed by atoms with E-state index in [4.69, 9.17) is 0 Å². The van der Waals surface area contributed by atoms with E-state index in [1.54, 1.807) is 7.05 Å². The largest absolute Gasteiger partial charge is 0.358 e. The van der Waals surface area contributed by atoms with Crippen LogP contribution in [0, 0.1) is 11.8 Å². The molecule has 2 heterocycles. The second-order valence-corrected chi connectivity index (χ2v) is 7.88. The third-order valence-corrected chi connectivity index (χ3v) is 6.10. The predicted molar refractivity (Wildman–Crippen MR) is 95.9 cm³/mol. The number of fused-ring (bicyclic) bond motifs is 1. The average Bonchev–Trinajstić information content (AvgIpc) is 3.32. The van der Waals surface area contributed by atoms with E-state index in [1.807, 2.05) is 23.1 Å². The third-order valence-electron chi connectivity index (χ3n) is 6.10. The molecule has 2 saturated heterocycles. The number of likely N-dealkylation sites (N-methyl/N-ethyl adjacent to an activating group) is 1. The van der Waals surface area contributed by atoms with Crippen LogP contribution < -0.4 is 10.6 Å². The van der Waals surface area contributed by atoms with Crippen molar-refractivity contribution in [1.29, 1.82) is 0 Å². The minimum Gasteiger partial charge on any atom is -0.358 e. The van der Waals surface area contributed by atoms with E-state index in [1.165, 1.54) is 5.56 Å². The Morgan fingerprint density at radius 3 is 2.64 bits per heavy atom. The Morgan fingerprint density at radius 2 is 2.00 bits per heavy atom. The monoisotopic (exact) mass is 341 g/mol. The minimum absolute atomic E-state index is 0.0814. The molecule has 1 saturated carbocycles. The molecule has 25 heavy (non-hydrogen) atoms. The summed E-state index contributed by atoms with van der Waals surface area (Å²) in [6.07, 6.45) is 4.60. The lowest BCUT2D eigenvalue weighted by Gasteiger charge is -2.30. The highest BCUT2D eigenvalue weighted by Gasteiger charge is 2.53. The van der Waals surface area contributed by atoms with E-state index in [0.29, 0.717) is 11.8 Å². The molecular weight excluding hydrogens is 314 g/mol. The van der Waals surface area contributed by atoms with Gasteiger partial charge in [-0.25, -0.2) is 0 Å². The summed E-state index contributed by atoms with van der Waals surface area (Å²) in [5.41, 5.74) is 0.754. The molecular formula is C20H27N3O2. The first-order valence-corrected chi connectivity index (χ1v) is 9.44. The molecule has 1 aromatic rings. The molecule has 0 aromatic heterocycles. The maximum atomic E-state index is 12.7. The first-order chi connectivity index (χ1) is 12.1. The van der Waals surface area contributed by atoms with E-state index >= 15 is 0 Å². The van der Waals surface area contributed by atoms with E-state index in [2.05, 4.69) is 22.8 Å². The SMILES string of the molecule is CNC(=O)[C@]1(CCc2ccccc2)C[C@@H]2CN(C(=O)C3CC3)CC2N1. The van der Waals surface area contributed by atoms with E-state index in [9.17, 15) is 9.59 Å². The molecule has 3 fully saturated rings. The summed E-state index contributed by atoms with van der Waals surface area (Å²) in [5.74, 6) is 1.07. The third kappa shape index (κ3) is 3.17. The number of nitrogens with zero attached hydrogens (tertiary/aromatic N) is 1. The van der Waals surface area contributed by atoms with Crippen molar-refractivity contribution in [3.63, 3.8) is 0 Å². The summed E-state index contributed by atoms with van der Waals surface area (Å²) in [6.45, 7) is 1.56. The van der Waals surface area contributed by atoms with Crippen LogP contribution in [0.2, 0.25) is 0 Å². The lowest BCUT2D eigenvalue weighted by Crippen LogP contribution is -2.56. The fourth-order valence-electron chi connectivity index (χ4n) is 4.56. The zero-order valence-electron chi connectivity index (χ0n) is 14.8. The predicted octanol–water partition coefficient (Wildman–Crippen LogP) is 1.33. The molecule has 1 aliphatic carbocycles. The summed E-state index contributed by atoms with van der Waals surface area (Å²) in [6, 6.07) is 10.6. The highest BCUT2D eigenvalue weighted by atomic mass is 16.2. The van der Waals surface area contributed by atoms with Crippen LogP contribution in [0.15, 0.2) is 30.3 Å². The van der Waals surface area contributed by atoms with Crippen LogP contribution in [0.3, 0.4) is 0 Å². The van der Waals surface area contributed by atoms with Crippen LogP contribution in [0.25, 0.3) is 0 Å². The number of benzene rings is 1. The van der Waals surface area contributed by atoms with Gasteiger partial charge < -0.3 is 10.2 Å². The molecule has 0 spiro atoms. The van der Waals surface area contributed by atoms with Crippen LogP contribution in [-0.2, 0) is 16.0 Å². The average molecular weight is 341 g/mol. The van der Waals surface area contributed by atoms with Gasteiger partial charge in [-0.15, -0.1) is 0 Å². The quantitative estimate of drug-likeness (QED) is 0.849. The molecule has 5 nitrogen and oxygen atoms in total. The number of nitrogens with one attached hydrogen (secondary N) is 2. The van der Waals surface area contributed by atoms with Crippen LogP contribution >= 0.6 is 0 Å². The van der Waals surface area contributed by atoms with Gasteiger partial charge in [-0.05, 0) is 43.6 Å². The van der Waals surface area contributed by atoms with Gasteiger partial charge in [0.05, 0.1) is 5.54 Å². The Labute approximate surface area is 149 Å². The molecule has 134 valence electrons. The molecule has 0 radical (unpaired) electrons. The molecule has 2 amide bonds. The molecule has 3 aliphatic rings.